The van der Waals surface area contributed by atoms with Crippen molar-refractivity contribution in [3.63, 3.8) is 0 Å². The highest BCUT2D eigenvalue weighted by Gasteiger charge is 1.96. The van der Waals surface area contributed by atoms with Crippen LogP contribution in [0.25, 0.3) is 0 Å². The van der Waals surface area contributed by atoms with E-state index in [9.17, 15) is 9.59 Å². The largest absolute Gasteiger partial charge is 0.508 e. The molecule has 0 aromatic heterocycles. The van der Waals surface area contributed by atoms with Gasteiger partial charge in [0.15, 0.2) is 0 Å². The van der Waals surface area contributed by atoms with Crippen molar-refractivity contribution in [2.24, 2.45) is 0 Å². The van der Waals surface area contributed by atoms with Gasteiger partial charge in [0.1, 0.15) is 0 Å². The molecule has 0 rings (SSSR count). The van der Waals surface area contributed by atoms with Crippen LogP contribution in [0, 0.1) is 0 Å². The van der Waals surface area contributed by atoms with Crippen LogP contribution in [0.4, 0.5) is 14.4 Å². The SMILES string of the molecule is CCOC(=O)O.CCOC(=O)OCC.COC(=O)O. The first-order chi connectivity index (χ1) is 8.85. The first kappa shape index (κ1) is 22.0. The Labute approximate surface area is 111 Å². The van der Waals surface area contributed by atoms with Crippen molar-refractivity contribution in [3.8, 4) is 0 Å². The van der Waals surface area contributed by atoms with Crippen LogP contribution < -0.4 is 0 Å². The quantitative estimate of drug-likeness (QED) is 0.591. The molecule has 9 nitrogen and oxygen atoms in total. The maximum atomic E-state index is 10.2. The minimum absolute atomic E-state index is 0.231. The van der Waals surface area contributed by atoms with E-state index in [0.717, 1.165) is 7.11 Å². The van der Waals surface area contributed by atoms with Gasteiger partial charge in [0.2, 0.25) is 0 Å². The Balaban J connectivity index is -0.000000209. The Bertz CT molecular complexity index is 231. The third-order valence-electron chi connectivity index (χ3n) is 0.967. The maximum Gasteiger partial charge on any atom is 0.508 e. The van der Waals surface area contributed by atoms with Gasteiger partial charge in [0.05, 0.1) is 26.9 Å². The van der Waals surface area contributed by atoms with E-state index in [1.165, 1.54) is 0 Å². The average Bonchev–Trinajstić information content (AvgIpc) is 2.31. The second kappa shape index (κ2) is 18.2. The van der Waals surface area contributed by atoms with Crippen LogP contribution in [0.1, 0.15) is 20.8 Å². The van der Waals surface area contributed by atoms with Gasteiger partial charge in [0, 0.05) is 0 Å². The molecule has 114 valence electrons. The number of ether oxygens (including phenoxy) is 4. The van der Waals surface area contributed by atoms with E-state index >= 15 is 0 Å². The molecular formula is C10H20O9. The first-order valence-electron chi connectivity index (χ1n) is 5.27. The summed E-state index contributed by atoms with van der Waals surface area (Å²) in [6.45, 7) is 6.06. The minimum atomic E-state index is -1.25. The number of carbonyl (C=O) groups excluding carboxylic acids is 1. The summed E-state index contributed by atoms with van der Waals surface area (Å²) >= 11 is 0. The van der Waals surface area contributed by atoms with Crippen molar-refractivity contribution < 1.29 is 43.5 Å². The summed E-state index contributed by atoms with van der Waals surface area (Å²) < 4.78 is 16.5. The Kier molecular flexibility index (Phi) is 21.1. The molecule has 0 aliphatic carbocycles. The second-order valence-electron chi connectivity index (χ2n) is 2.28. The lowest BCUT2D eigenvalue weighted by Gasteiger charge is -1.98. The van der Waals surface area contributed by atoms with Gasteiger partial charge in [-0.3, -0.25) is 0 Å². The number of hydrogen-bond acceptors (Lipinski definition) is 7. The predicted molar refractivity (Wildman–Crippen MR) is 63.3 cm³/mol. The van der Waals surface area contributed by atoms with Gasteiger partial charge >= 0.3 is 18.5 Å². The van der Waals surface area contributed by atoms with Gasteiger partial charge in [-0.2, -0.15) is 0 Å². The Morgan fingerprint density at radius 2 is 1.11 bits per heavy atom. The fourth-order valence-corrected chi connectivity index (χ4v) is 0.401. The highest BCUT2D eigenvalue weighted by Crippen LogP contribution is 1.81. The summed E-state index contributed by atoms with van der Waals surface area (Å²) in [6.07, 6.45) is -3.04. The van der Waals surface area contributed by atoms with Crippen LogP contribution in [0.15, 0.2) is 0 Å². The third-order valence-corrected chi connectivity index (χ3v) is 0.967. The lowest BCUT2D eigenvalue weighted by molar-refractivity contribution is 0.0630. The topological polar surface area (TPSA) is 129 Å². The van der Waals surface area contributed by atoms with Gasteiger partial charge in [0.25, 0.3) is 0 Å². The van der Waals surface area contributed by atoms with Crippen molar-refractivity contribution in [2.75, 3.05) is 26.9 Å². The molecule has 0 radical (unpaired) electrons. The van der Waals surface area contributed by atoms with Crippen LogP contribution in [0.5, 0.6) is 0 Å². The smallest absolute Gasteiger partial charge is 0.450 e. The molecule has 0 amide bonds. The van der Waals surface area contributed by atoms with Gasteiger partial charge in [-0.1, -0.05) is 0 Å². The highest BCUT2D eigenvalue weighted by molar-refractivity contribution is 5.59. The fourth-order valence-electron chi connectivity index (χ4n) is 0.401. The summed E-state index contributed by atoms with van der Waals surface area (Å²) in [5.41, 5.74) is 0. The van der Waals surface area contributed by atoms with E-state index in [2.05, 4.69) is 18.9 Å². The number of carboxylic acid groups (broad SMARTS) is 2. The van der Waals surface area contributed by atoms with Crippen molar-refractivity contribution in [3.05, 3.63) is 0 Å². The van der Waals surface area contributed by atoms with Crippen LogP contribution >= 0.6 is 0 Å². The summed E-state index contributed by atoms with van der Waals surface area (Å²) in [5.74, 6) is 0. The van der Waals surface area contributed by atoms with Crippen molar-refractivity contribution in [2.45, 2.75) is 20.8 Å². The monoisotopic (exact) mass is 284 g/mol. The van der Waals surface area contributed by atoms with E-state index < -0.39 is 18.5 Å². The highest BCUT2D eigenvalue weighted by atomic mass is 16.7. The fraction of sp³-hybridized carbons (Fsp3) is 0.700. The molecule has 0 bridgehead atoms. The molecule has 2 N–H and O–H groups in total. The third kappa shape index (κ3) is 38.8. The summed E-state index contributed by atoms with van der Waals surface area (Å²) in [7, 11) is 1.10. The van der Waals surface area contributed by atoms with Crippen LogP contribution in [0.2, 0.25) is 0 Å². The molecule has 0 saturated carbocycles. The number of hydrogen-bond donors (Lipinski definition) is 2. The molecule has 0 atom stereocenters. The summed E-state index contributed by atoms with van der Waals surface area (Å²) in [6, 6.07) is 0. The first-order valence-corrected chi connectivity index (χ1v) is 5.27. The van der Waals surface area contributed by atoms with E-state index in [4.69, 9.17) is 15.0 Å². The predicted octanol–water partition coefficient (Wildman–Crippen LogP) is 2.19. The van der Waals surface area contributed by atoms with Crippen LogP contribution in [-0.4, -0.2) is 55.6 Å². The molecular weight excluding hydrogens is 264 g/mol. The van der Waals surface area contributed by atoms with E-state index in [1.54, 1.807) is 20.8 Å². The van der Waals surface area contributed by atoms with E-state index in [-0.39, 0.29) is 6.61 Å². The zero-order valence-electron chi connectivity index (χ0n) is 11.4. The van der Waals surface area contributed by atoms with Gasteiger partial charge in [-0.05, 0) is 20.8 Å². The average molecular weight is 284 g/mol. The van der Waals surface area contributed by atoms with Crippen molar-refractivity contribution >= 4 is 18.5 Å². The zero-order valence-corrected chi connectivity index (χ0v) is 11.4. The molecule has 19 heavy (non-hydrogen) atoms. The lowest BCUT2D eigenvalue weighted by Crippen LogP contribution is -2.05. The van der Waals surface area contributed by atoms with Crippen molar-refractivity contribution in [1.29, 1.82) is 0 Å². The lowest BCUT2D eigenvalue weighted by atomic mass is 10.8. The molecule has 0 aromatic rings. The molecule has 0 unspecified atom stereocenters. The normalized spacial score (nSPS) is 7.58. The summed E-state index contributed by atoms with van der Waals surface area (Å²) in [4.78, 5) is 28.7. The van der Waals surface area contributed by atoms with Gasteiger partial charge < -0.3 is 29.2 Å². The van der Waals surface area contributed by atoms with Gasteiger partial charge in [-0.15, -0.1) is 0 Å². The number of carbonyl (C=O) groups is 3. The Hall–Kier alpha value is -2.19. The van der Waals surface area contributed by atoms with E-state index in [1.807, 2.05) is 0 Å². The number of methoxy groups -OCH3 is 1. The Morgan fingerprint density at radius 1 is 0.789 bits per heavy atom. The van der Waals surface area contributed by atoms with Crippen LogP contribution in [-0.2, 0) is 18.9 Å². The Morgan fingerprint density at radius 3 is 1.21 bits per heavy atom. The molecule has 0 aromatic carbocycles. The standard InChI is InChI=1S/C5H10O3.C3H6O3.C2H4O3/c1-3-7-5(6)8-4-2;1-2-6-3(4)5;1-5-2(3)4/h3-4H2,1-2H3;2H2,1H3,(H,4,5);1H3,(H,3,4). The molecule has 0 aliphatic rings. The van der Waals surface area contributed by atoms with Crippen molar-refractivity contribution in [1.82, 2.24) is 0 Å². The molecule has 0 spiro atoms. The molecule has 0 heterocycles. The molecule has 0 saturated heterocycles. The van der Waals surface area contributed by atoms with E-state index in [0.29, 0.717) is 13.2 Å². The second-order valence-corrected chi connectivity index (χ2v) is 2.28. The molecule has 9 heteroatoms. The molecule has 0 fully saturated rings. The zero-order chi connectivity index (χ0) is 15.7. The maximum absolute atomic E-state index is 10.2. The van der Waals surface area contributed by atoms with Gasteiger partial charge in [-0.25, -0.2) is 14.4 Å². The van der Waals surface area contributed by atoms with Crippen LogP contribution in [0.3, 0.4) is 0 Å². The summed E-state index contributed by atoms with van der Waals surface area (Å²) in [5, 5.41) is 15.2. The minimum Gasteiger partial charge on any atom is -0.450 e. The number of rotatable bonds is 3. The molecule has 0 aliphatic heterocycles.